The zero-order valence-electron chi connectivity index (χ0n) is 8.44. The molecule has 0 heterocycles. The van der Waals surface area contributed by atoms with Crippen molar-refractivity contribution in [2.75, 3.05) is 19.6 Å². The molecule has 1 saturated carbocycles. The molecular formula is C10H20N2O. The SMILES string of the molecule is CCCNC(=O)CCNCC1CC1. The Balaban J connectivity index is 1.82. The van der Waals surface area contributed by atoms with Crippen molar-refractivity contribution in [1.82, 2.24) is 10.6 Å². The largest absolute Gasteiger partial charge is 0.356 e. The average Bonchev–Trinajstić information content (AvgIpc) is 2.92. The summed E-state index contributed by atoms with van der Waals surface area (Å²) in [5, 5.41) is 6.15. The topological polar surface area (TPSA) is 41.1 Å². The van der Waals surface area contributed by atoms with Crippen LogP contribution in [0.3, 0.4) is 0 Å². The van der Waals surface area contributed by atoms with Gasteiger partial charge in [0.15, 0.2) is 0 Å². The van der Waals surface area contributed by atoms with Crippen LogP contribution in [-0.4, -0.2) is 25.5 Å². The summed E-state index contributed by atoms with van der Waals surface area (Å²) in [5.74, 6) is 1.07. The van der Waals surface area contributed by atoms with Crippen molar-refractivity contribution in [2.45, 2.75) is 32.6 Å². The molecule has 0 aromatic carbocycles. The lowest BCUT2D eigenvalue weighted by molar-refractivity contribution is -0.120. The van der Waals surface area contributed by atoms with Crippen molar-refractivity contribution in [1.29, 1.82) is 0 Å². The first kappa shape index (κ1) is 10.5. The fourth-order valence-corrected chi connectivity index (χ4v) is 1.18. The van der Waals surface area contributed by atoms with Gasteiger partial charge in [-0.15, -0.1) is 0 Å². The first-order chi connectivity index (χ1) is 6.33. The van der Waals surface area contributed by atoms with Crippen LogP contribution in [0, 0.1) is 5.92 Å². The van der Waals surface area contributed by atoms with Crippen molar-refractivity contribution in [2.24, 2.45) is 5.92 Å². The maximum atomic E-state index is 11.1. The Labute approximate surface area is 80.3 Å². The van der Waals surface area contributed by atoms with E-state index in [1.54, 1.807) is 0 Å². The highest BCUT2D eigenvalue weighted by Gasteiger charge is 2.19. The zero-order chi connectivity index (χ0) is 9.52. The van der Waals surface area contributed by atoms with Gasteiger partial charge in [-0.25, -0.2) is 0 Å². The molecule has 0 aliphatic heterocycles. The van der Waals surface area contributed by atoms with Crippen molar-refractivity contribution in [3.63, 3.8) is 0 Å². The van der Waals surface area contributed by atoms with Gasteiger partial charge in [-0.1, -0.05) is 6.92 Å². The second-order valence-electron chi connectivity index (χ2n) is 3.75. The normalized spacial score (nSPS) is 15.8. The Morgan fingerprint density at radius 3 is 2.77 bits per heavy atom. The molecule has 0 spiro atoms. The van der Waals surface area contributed by atoms with E-state index >= 15 is 0 Å². The molecular weight excluding hydrogens is 164 g/mol. The van der Waals surface area contributed by atoms with Gasteiger partial charge < -0.3 is 10.6 Å². The number of nitrogens with one attached hydrogen (secondary N) is 2. The Hall–Kier alpha value is -0.570. The number of amides is 1. The van der Waals surface area contributed by atoms with Crippen LogP contribution in [0.15, 0.2) is 0 Å². The van der Waals surface area contributed by atoms with Crippen molar-refractivity contribution in [3.8, 4) is 0 Å². The molecule has 3 nitrogen and oxygen atoms in total. The second kappa shape index (κ2) is 5.97. The molecule has 0 bridgehead atoms. The molecule has 0 aromatic heterocycles. The lowest BCUT2D eigenvalue weighted by Gasteiger charge is -2.04. The van der Waals surface area contributed by atoms with Gasteiger partial charge in [0.1, 0.15) is 0 Å². The quantitative estimate of drug-likeness (QED) is 0.577. The van der Waals surface area contributed by atoms with Crippen LogP contribution in [-0.2, 0) is 4.79 Å². The molecule has 1 amide bonds. The third kappa shape index (κ3) is 5.64. The van der Waals surface area contributed by atoms with Crippen LogP contribution in [0.25, 0.3) is 0 Å². The highest BCUT2D eigenvalue weighted by atomic mass is 16.1. The number of hydrogen-bond acceptors (Lipinski definition) is 2. The van der Waals surface area contributed by atoms with Crippen LogP contribution >= 0.6 is 0 Å². The first-order valence-electron chi connectivity index (χ1n) is 5.30. The van der Waals surface area contributed by atoms with Gasteiger partial charge in [-0.05, 0) is 31.7 Å². The van der Waals surface area contributed by atoms with E-state index in [1.165, 1.54) is 12.8 Å². The summed E-state index contributed by atoms with van der Waals surface area (Å²) in [6, 6.07) is 0. The minimum absolute atomic E-state index is 0.171. The van der Waals surface area contributed by atoms with E-state index < -0.39 is 0 Å². The van der Waals surface area contributed by atoms with Gasteiger partial charge in [0.25, 0.3) is 0 Å². The minimum Gasteiger partial charge on any atom is -0.356 e. The number of carbonyl (C=O) groups is 1. The molecule has 3 heteroatoms. The van der Waals surface area contributed by atoms with Crippen LogP contribution < -0.4 is 10.6 Å². The monoisotopic (exact) mass is 184 g/mol. The summed E-state index contributed by atoms with van der Waals surface area (Å²) >= 11 is 0. The molecule has 0 aromatic rings. The van der Waals surface area contributed by atoms with E-state index in [0.717, 1.165) is 32.0 Å². The van der Waals surface area contributed by atoms with E-state index in [0.29, 0.717) is 6.42 Å². The predicted molar refractivity (Wildman–Crippen MR) is 53.5 cm³/mol. The van der Waals surface area contributed by atoms with Gasteiger partial charge >= 0.3 is 0 Å². The molecule has 0 unspecified atom stereocenters. The summed E-state index contributed by atoms with van der Waals surface area (Å²) in [6.45, 7) is 4.79. The lowest BCUT2D eigenvalue weighted by atomic mass is 10.3. The van der Waals surface area contributed by atoms with Gasteiger partial charge in [-0.2, -0.15) is 0 Å². The average molecular weight is 184 g/mol. The molecule has 0 atom stereocenters. The maximum Gasteiger partial charge on any atom is 0.221 e. The molecule has 0 radical (unpaired) electrons. The molecule has 1 rings (SSSR count). The highest BCUT2D eigenvalue weighted by molar-refractivity contribution is 5.75. The van der Waals surface area contributed by atoms with E-state index in [-0.39, 0.29) is 5.91 Å². The number of rotatable bonds is 7. The van der Waals surface area contributed by atoms with Gasteiger partial charge in [0.2, 0.25) is 5.91 Å². The second-order valence-corrected chi connectivity index (χ2v) is 3.75. The van der Waals surface area contributed by atoms with Crippen molar-refractivity contribution in [3.05, 3.63) is 0 Å². The van der Waals surface area contributed by atoms with E-state index in [9.17, 15) is 4.79 Å². The summed E-state index contributed by atoms with van der Waals surface area (Å²) in [6.07, 6.45) is 4.37. The van der Waals surface area contributed by atoms with Crippen LogP contribution in [0.1, 0.15) is 32.6 Å². The summed E-state index contributed by atoms with van der Waals surface area (Å²) < 4.78 is 0. The molecule has 76 valence electrons. The Bertz CT molecular complexity index is 155. The fraction of sp³-hybridized carbons (Fsp3) is 0.900. The third-order valence-electron chi connectivity index (χ3n) is 2.23. The van der Waals surface area contributed by atoms with E-state index in [1.807, 2.05) is 0 Å². The Morgan fingerprint density at radius 1 is 1.38 bits per heavy atom. The smallest absolute Gasteiger partial charge is 0.221 e. The number of hydrogen-bond donors (Lipinski definition) is 2. The Morgan fingerprint density at radius 2 is 2.15 bits per heavy atom. The molecule has 2 N–H and O–H groups in total. The zero-order valence-corrected chi connectivity index (χ0v) is 8.44. The minimum atomic E-state index is 0.171. The van der Waals surface area contributed by atoms with Crippen molar-refractivity contribution >= 4 is 5.91 Å². The first-order valence-corrected chi connectivity index (χ1v) is 5.30. The van der Waals surface area contributed by atoms with Gasteiger partial charge in [0.05, 0.1) is 0 Å². The lowest BCUT2D eigenvalue weighted by Crippen LogP contribution is -2.28. The predicted octanol–water partition coefficient (Wildman–Crippen LogP) is 0.902. The molecule has 13 heavy (non-hydrogen) atoms. The number of carbonyl (C=O) groups excluding carboxylic acids is 1. The van der Waals surface area contributed by atoms with Crippen LogP contribution in [0.4, 0.5) is 0 Å². The van der Waals surface area contributed by atoms with E-state index in [2.05, 4.69) is 17.6 Å². The summed E-state index contributed by atoms with van der Waals surface area (Å²) in [5.41, 5.74) is 0. The van der Waals surface area contributed by atoms with Gasteiger partial charge in [0, 0.05) is 19.5 Å². The van der Waals surface area contributed by atoms with Crippen LogP contribution in [0.2, 0.25) is 0 Å². The summed E-state index contributed by atoms with van der Waals surface area (Å²) in [4.78, 5) is 11.1. The Kier molecular flexibility index (Phi) is 4.83. The summed E-state index contributed by atoms with van der Waals surface area (Å²) in [7, 11) is 0. The maximum absolute atomic E-state index is 11.1. The fourth-order valence-electron chi connectivity index (χ4n) is 1.18. The highest BCUT2D eigenvalue weighted by Crippen LogP contribution is 2.27. The van der Waals surface area contributed by atoms with Crippen molar-refractivity contribution < 1.29 is 4.79 Å². The van der Waals surface area contributed by atoms with Gasteiger partial charge in [-0.3, -0.25) is 4.79 Å². The molecule has 1 aliphatic rings. The molecule has 0 saturated heterocycles. The standard InChI is InChI=1S/C10H20N2O/c1-2-6-12-10(13)5-7-11-8-9-3-4-9/h9,11H,2-8H2,1H3,(H,12,13). The third-order valence-corrected chi connectivity index (χ3v) is 2.23. The molecule has 1 fully saturated rings. The molecule has 1 aliphatic carbocycles. The van der Waals surface area contributed by atoms with E-state index in [4.69, 9.17) is 0 Å². The van der Waals surface area contributed by atoms with Crippen LogP contribution in [0.5, 0.6) is 0 Å².